The standard InChI is InChI=1S/C67H55N/c1-63(2)57-32-18-19-33-58(57)64(3)42-40-51(44-61(63)64)68(50-38-36-49(37-39-50)66(46-22-8-5-9-23-46)55-30-16-14-28-53(55)54-29-15-17-31-56(54)66)52-41-43-65(4)59-34-20-21-35-60(59)67(62(65)45-52,47-24-10-6-11-25-47)48-26-12-7-13-27-48/h5-41,44-45H,42-43H2,1-4H3. The fourth-order valence-electron chi connectivity index (χ4n) is 14.1. The summed E-state index contributed by atoms with van der Waals surface area (Å²) in [7, 11) is 0. The number of anilines is 1. The molecular weight excluding hydrogens is 819 g/mol. The van der Waals surface area contributed by atoms with Crippen molar-refractivity contribution in [1.29, 1.82) is 0 Å². The highest BCUT2D eigenvalue weighted by atomic mass is 15.2. The summed E-state index contributed by atoms with van der Waals surface area (Å²) in [5.74, 6) is 0. The Morgan fingerprint density at radius 2 is 0.691 bits per heavy atom. The Hall–Kier alpha value is -7.48. The van der Waals surface area contributed by atoms with E-state index in [0.29, 0.717) is 0 Å². The molecule has 68 heavy (non-hydrogen) atoms. The smallest absolute Gasteiger partial charge is 0.0713 e. The van der Waals surface area contributed by atoms with Gasteiger partial charge in [0, 0.05) is 33.3 Å². The van der Waals surface area contributed by atoms with Crippen LogP contribution in [0.3, 0.4) is 0 Å². The largest absolute Gasteiger partial charge is 0.311 e. The van der Waals surface area contributed by atoms with E-state index in [1.807, 2.05) is 0 Å². The summed E-state index contributed by atoms with van der Waals surface area (Å²) < 4.78 is 0. The summed E-state index contributed by atoms with van der Waals surface area (Å²) in [6, 6.07) is 79.9. The van der Waals surface area contributed by atoms with E-state index in [4.69, 9.17) is 0 Å². The van der Waals surface area contributed by atoms with E-state index in [9.17, 15) is 0 Å². The molecule has 328 valence electrons. The average molecular weight is 874 g/mol. The molecule has 0 aliphatic heterocycles. The predicted octanol–water partition coefficient (Wildman–Crippen LogP) is 15.8. The van der Waals surface area contributed by atoms with Crippen LogP contribution < -0.4 is 4.90 Å². The highest BCUT2D eigenvalue weighted by molar-refractivity contribution is 5.86. The van der Waals surface area contributed by atoms with Crippen LogP contribution in [-0.4, -0.2) is 0 Å². The molecule has 5 aliphatic carbocycles. The second-order valence-corrected chi connectivity index (χ2v) is 20.7. The third-order valence-electron chi connectivity index (χ3n) is 17.1. The number of hydrogen-bond donors (Lipinski definition) is 0. The van der Waals surface area contributed by atoms with Crippen LogP contribution in [0.2, 0.25) is 0 Å². The number of allylic oxidation sites excluding steroid dienone is 6. The zero-order valence-electron chi connectivity index (χ0n) is 39.4. The molecule has 0 fully saturated rings. The molecule has 0 aromatic heterocycles. The molecular formula is C67H55N. The zero-order chi connectivity index (χ0) is 45.9. The molecule has 0 N–H and O–H groups in total. The van der Waals surface area contributed by atoms with E-state index in [0.717, 1.165) is 18.5 Å². The fourth-order valence-corrected chi connectivity index (χ4v) is 14.1. The molecule has 0 amide bonds. The molecule has 0 saturated carbocycles. The summed E-state index contributed by atoms with van der Waals surface area (Å²) in [5.41, 5.74) is 21.2. The Morgan fingerprint density at radius 1 is 0.324 bits per heavy atom. The second-order valence-electron chi connectivity index (χ2n) is 20.7. The van der Waals surface area contributed by atoms with Gasteiger partial charge < -0.3 is 4.90 Å². The van der Waals surface area contributed by atoms with Crippen LogP contribution in [0, 0.1) is 0 Å². The van der Waals surface area contributed by atoms with Gasteiger partial charge in [-0.25, -0.2) is 0 Å². The van der Waals surface area contributed by atoms with Crippen LogP contribution in [0.5, 0.6) is 0 Å². The summed E-state index contributed by atoms with van der Waals surface area (Å²) >= 11 is 0. The van der Waals surface area contributed by atoms with E-state index >= 15 is 0 Å². The van der Waals surface area contributed by atoms with E-state index in [1.165, 1.54) is 89.3 Å². The Labute approximate surface area is 402 Å². The lowest BCUT2D eigenvalue weighted by molar-refractivity contribution is 0.507. The highest BCUT2D eigenvalue weighted by Crippen LogP contribution is 2.64. The first-order valence-electron chi connectivity index (χ1n) is 24.5. The summed E-state index contributed by atoms with van der Waals surface area (Å²) in [4.78, 5) is 2.59. The molecule has 0 heterocycles. The van der Waals surface area contributed by atoms with Gasteiger partial charge in [0.1, 0.15) is 0 Å². The molecule has 1 heteroatoms. The van der Waals surface area contributed by atoms with Crippen LogP contribution in [0.15, 0.2) is 259 Å². The molecule has 2 unspecified atom stereocenters. The lowest BCUT2D eigenvalue weighted by Gasteiger charge is -2.42. The van der Waals surface area contributed by atoms with Crippen LogP contribution >= 0.6 is 0 Å². The fraction of sp³-hybridized carbons (Fsp3) is 0.164. The Balaban J connectivity index is 1.04. The maximum atomic E-state index is 2.59. The van der Waals surface area contributed by atoms with Crippen molar-refractivity contribution in [3.8, 4) is 11.1 Å². The van der Waals surface area contributed by atoms with Crippen molar-refractivity contribution in [2.24, 2.45) is 0 Å². The number of nitrogens with zero attached hydrogens (tertiary/aromatic N) is 1. The SMILES string of the molecule is CC1(C)C2=CC(N(C3=CCC4(C)C(=C3)C(c3ccccc3)(c3ccccc3)c3ccccc34)c3ccc(C4(c5ccccc5)c5ccccc5-c5ccccc54)cc3)=CCC2(C)c2ccccc21. The Kier molecular flexibility index (Phi) is 8.85. The topological polar surface area (TPSA) is 3.24 Å². The first-order chi connectivity index (χ1) is 33.2. The van der Waals surface area contributed by atoms with Gasteiger partial charge in [-0.2, -0.15) is 0 Å². The normalized spacial score (nSPS) is 21.6. The van der Waals surface area contributed by atoms with E-state index in [2.05, 4.69) is 269 Å². The van der Waals surface area contributed by atoms with E-state index < -0.39 is 10.8 Å². The maximum Gasteiger partial charge on any atom is 0.0713 e. The van der Waals surface area contributed by atoms with Gasteiger partial charge >= 0.3 is 0 Å². The van der Waals surface area contributed by atoms with Gasteiger partial charge in [0.15, 0.2) is 0 Å². The molecule has 0 saturated heterocycles. The highest BCUT2D eigenvalue weighted by Gasteiger charge is 2.57. The van der Waals surface area contributed by atoms with E-state index in [-0.39, 0.29) is 16.2 Å². The van der Waals surface area contributed by atoms with Gasteiger partial charge in [-0.15, -0.1) is 0 Å². The number of hydrogen-bond acceptors (Lipinski definition) is 1. The molecule has 0 bridgehead atoms. The molecule has 8 aromatic carbocycles. The monoisotopic (exact) mass is 873 g/mol. The van der Waals surface area contributed by atoms with Gasteiger partial charge in [-0.05, 0) is 115 Å². The third kappa shape index (κ3) is 5.33. The maximum absolute atomic E-state index is 2.59. The third-order valence-corrected chi connectivity index (χ3v) is 17.1. The van der Waals surface area contributed by atoms with Gasteiger partial charge in [-0.1, -0.05) is 240 Å². The van der Waals surface area contributed by atoms with Crippen LogP contribution in [0.25, 0.3) is 11.1 Å². The lowest BCUT2D eigenvalue weighted by Crippen LogP contribution is -2.37. The second kappa shape index (κ2) is 14.8. The number of rotatable bonds is 7. The molecule has 5 aliphatic rings. The van der Waals surface area contributed by atoms with Crippen LogP contribution in [0.4, 0.5) is 5.69 Å². The predicted molar refractivity (Wildman–Crippen MR) is 281 cm³/mol. The van der Waals surface area contributed by atoms with Crippen molar-refractivity contribution in [1.82, 2.24) is 0 Å². The van der Waals surface area contributed by atoms with Gasteiger partial charge in [0.2, 0.25) is 0 Å². The van der Waals surface area contributed by atoms with Crippen molar-refractivity contribution < 1.29 is 0 Å². The lowest BCUT2D eigenvalue weighted by atomic mass is 9.62. The minimum absolute atomic E-state index is 0.0781. The number of fused-ring (bicyclic) bond motifs is 9. The number of benzene rings is 8. The minimum Gasteiger partial charge on any atom is -0.311 e. The molecule has 0 radical (unpaired) electrons. The zero-order valence-corrected chi connectivity index (χ0v) is 39.4. The summed E-state index contributed by atoms with van der Waals surface area (Å²) in [5, 5.41) is 0. The van der Waals surface area contributed by atoms with Crippen LogP contribution in [0.1, 0.15) is 96.2 Å². The molecule has 8 aromatic rings. The van der Waals surface area contributed by atoms with E-state index in [1.54, 1.807) is 0 Å². The molecule has 2 atom stereocenters. The molecule has 13 rings (SSSR count). The van der Waals surface area contributed by atoms with Crippen molar-refractivity contribution in [3.63, 3.8) is 0 Å². The molecule has 1 nitrogen and oxygen atoms in total. The Morgan fingerprint density at radius 3 is 1.21 bits per heavy atom. The van der Waals surface area contributed by atoms with Gasteiger partial charge in [0.25, 0.3) is 0 Å². The van der Waals surface area contributed by atoms with Crippen LogP contribution in [-0.2, 0) is 27.1 Å². The Bertz CT molecular complexity index is 3350. The molecule has 0 spiro atoms. The van der Waals surface area contributed by atoms with Gasteiger partial charge in [-0.3, -0.25) is 0 Å². The van der Waals surface area contributed by atoms with Crippen molar-refractivity contribution >= 4 is 5.69 Å². The van der Waals surface area contributed by atoms with Crippen molar-refractivity contribution in [2.45, 2.75) is 67.6 Å². The van der Waals surface area contributed by atoms with Crippen molar-refractivity contribution in [3.05, 3.63) is 315 Å². The summed E-state index contributed by atoms with van der Waals surface area (Å²) in [6.45, 7) is 9.82. The quantitative estimate of drug-likeness (QED) is 0.154. The first kappa shape index (κ1) is 40.8. The van der Waals surface area contributed by atoms with Gasteiger partial charge in [0.05, 0.1) is 10.8 Å². The summed E-state index contributed by atoms with van der Waals surface area (Å²) in [6.07, 6.45) is 12.0. The first-order valence-corrected chi connectivity index (χ1v) is 24.5. The minimum atomic E-state index is -0.485. The average Bonchev–Trinajstić information content (AvgIpc) is 3.90. The van der Waals surface area contributed by atoms with Crippen molar-refractivity contribution in [2.75, 3.05) is 4.90 Å².